The molecule has 104 valence electrons. The molecule has 1 heterocycles. The number of carbonyl (C=O) groups is 1. The average Bonchev–Trinajstić information content (AvgIpc) is 2.44. The number of nitrogens with zero attached hydrogens (tertiary/aromatic N) is 1. The van der Waals surface area contributed by atoms with E-state index < -0.39 is 0 Å². The summed E-state index contributed by atoms with van der Waals surface area (Å²) in [4.78, 5) is 16.2. The van der Waals surface area contributed by atoms with Gasteiger partial charge < -0.3 is 4.74 Å². The molecule has 0 aliphatic rings. The summed E-state index contributed by atoms with van der Waals surface area (Å²) in [5.74, 6) is -0.283. The smallest absolute Gasteiger partial charge is 0.338 e. The summed E-state index contributed by atoms with van der Waals surface area (Å²) in [5.41, 5.74) is 2.61. The molecule has 0 fully saturated rings. The standard InChI is InChI=1S/C16H16BrNO2/c1-12-4-2-5-15(18-12)6-3-11-20-16(19)13-7-9-14(17)10-8-13/h2,4-5,7-10H,3,6,11H2,1H3. The number of carbonyl (C=O) groups excluding carboxylic acids is 1. The van der Waals surface area contributed by atoms with E-state index in [0.29, 0.717) is 12.2 Å². The Bertz CT molecular complexity index is 581. The number of esters is 1. The molecule has 0 unspecified atom stereocenters. The molecule has 0 saturated carbocycles. The molecule has 0 saturated heterocycles. The maximum Gasteiger partial charge on any atom is 0.338 e. The van der Waals surface area contributed by atoms with E-state index in [4.69, 9.17) is 4.74 Å². The number of hydrogen-bond donors (Lipinski definition) is 0. The first-order chi connectivity index (χ1) is 9.65. The van der Waals surface area contributed by atoms with E-state index in [2.05, 4.69) is 20.9 Å². The molecule has 4 heteroatoms. The van der Waals surface area contributed by atoms with Gasteiger partial charge in [-0.1, -0.05) is 22.0 Å². The first-order valence-electron chi connectivity index (χ1n) is 6.50. The fourth-order valence-corrected chi connectivity index (χ4v) is 2.09. The molecule has 2 rings (SSSR count). The molecular formula is C16H16BrNO2. The normalized spacial score (nSPS) is 10.3. The minimum atomic E-state index is -0.283. The Hall–Kier alpha value is -1.68. The van der Waals surface area contributed by atoms with Gasteiger partial charge in [-0.25, -0.2) is 4.79 Å². The Morgan fingerprint density at radius 2 is 1.95 bits per heavy atom. The Morgan fingerprint density at radius 3 is 2.65 bits per heavy atom. The molecule has 2 aromatic rings. The second-order valence-corrected chi connectivity index (χ2v) is 5.43. The van der Waals surface area contributed by atoms with Gasteiger partial charge in [0.05, 0.1) is 12.2 Å². The van der Waals surface area contributed by atoms with Gasteiger partial charge >= 0.3 is 5.97 Å². The fourth-order valence-electron chi connectivity index (χ4n) is 1.83. The number of pyridine rings is 1. The maximum atomic E-state index is 11.8. The third-order valence-electron chi connectivity index (χ3n) is 2.84. The number of aryl methyl sites for hydroxylation is 2. The van der Waals surface area contributed by atoms with Crippen molar-refractivity contribution >= 4 is 21.9 Å². The third kappa shape index (κ3) is 4.46. The number of halogens is 1. The summed E-state index contributed by atoms with van der Waals surface area (Å²) in [5, 5.41) is 0. The van der Waals surface area contributed by atoms with Gasteiger partial charge in [-0.3, -0.25) is 4.98 Å². The van der Waals surface area contributed by atoms with Crippen LogP contribution in [-0.2, 0) is 11.2 Å². The van der Waals surface area contributed by atoms with Gasteiger partial charge in [0.15, 0.2) is 0 Å². The minimum Gasteiger partial charge on any atom is -0.462 e. The summed E-state index contributed by atoms with van der Waals surface area (Å²) in [6.45, 7) is 2.38. The Kier molecular flexibility index (Phi) is 5.30. The van der Waals surface area contributed by atoms with Crippen LogP contribution in [0.5, 0.6) is 0 Å². The van der Waals surface area contributed by atoms with Gasteiger partial charge in [-0.15, -0.1) is 0 Å². The van der Waals surface area contributed by atoms with E-state index >= 15 is 0 Å². The van der Waals surface area contributed by atoms with Crippen LogP contribution in [0.3, 0.4) is 0 Å². The zero-order valence-corrected chi connectivity index (χ0v) is 12.9. The largest absolute Gasteiger partial charge is 0.462 e. The van der Waals surface area contributed by atoms with E-state index in [-0.39, 0.29) is 5.97 Å². The van der Waals surface area contributed by atoms with Crippen molar-refractivity contribution in [1.82, 2.24) is 4.98 Å². The topological polar surface area (TPSA) is 39.2 Å². The molecule has 0 atom stereocenters. The quantitative estimate of drug-likeness (QED) is 0.614. The van der Waals surface area contributed by atoms with Crippen molar-refractivity contribution in [2.75, 3.05) is 6.61 Å². The number of rotatable bonds is 5. The van der Waals surface area contributed by atoms with Gasteiger partial charge in [-0.05, 0) is 56.2 Å². The number of ether oxygens (including phenoxy) is 1. The first kappa shape index (κ1) is 14.7. The highest BCUT2D eigenvalue weighted by Gasteiger charge is 2.06. The number of aromatic nitrogens is 1. The van der Waals surface area contributed by atoms with Crippen molar-refractivity contribution in [3.63, 3.8) is 0 Å². The minimum absolute atomic E-state index is 0.283. The van der Waals surface area contributed by atoms with Crippen LogP contribution >= 0.6 is 15.9 Å². The number of benzene rings is 1. The Labute approximate surface area is 127 Å². The molecule has 0 aliphatic heterocycles. The van der Waals surface area contributed by atoms with Crippen LogP contribution in [0.1, 0.15) is 28.2 Å². The van der Waals surface area contributed by atoms with Gasteiger partial charge in [0.2, 0.25) is 0 Å². The van der Waals surface area contributed by atoms with Crippen LogP contribution in [0.2, 0.25) is 0 Å². The summed E-state index contributed by atoms with van der Waals surface area (Å²) in [7, 11) is 0. The predicted octanol–water partition coefficient (Wildman–Crippen LogP) is 3.94. The van der Waals surface area contributed by atoms with Crippen molar-refractivity contribution in [3.05, 3.63) is 63.9 Å². The second-order valence-electron chi connectivity index (χ2n) is 4.52. The summed E-state index contributed by atoms with van der Waals surface area (Å²) in [6.07, 6.45) is 1.59. The van der Waals surface area contributed by atoms with Crippen LogP contribution in [0.25, 0.3) is 0 Å². The zero-order valence-electron chi connectivity index (χ0n) is 11.3. The molecule has 1 aromatic carbocycles. The highest BCUT2D eigenvalue weighted by atomic mass is 79.9. The van der Waals surface area contributed by atoms with Gasteiger partial charge in [0, 0.05) is 15.9 Å². The van der Waals surface area contributed by atoms with Crippen molar-refractivity contribution in [3.8, 4) is 0 Å². The Balaban J connectivity index is 1.76. The highest BCUT2D eigenvalue weighted by molar-refractivity contribution is 9.10. The summed E-state index contributed by atoms with van der Waals surface area (Å²) in [6, 6.07) is 13.1. The van der Waals surface area contributed by atoms with E-state index in [1.807, 2.05) is 37.3 Å². The lowest BCUT2D eigenvalue weighted by atomic mass is 10.2. The second kappa shape index (κ2) is 7.20. The molecule has 0 amide bonds. The monoisotopic (exact) mass is 333 g/mol. The van der Waals surface area contributed by atoms with Crippen molar-refractivity contribution < 1.29 is 9.53 Å². The van der Waals surface area contributed by atoms with Crippen molar-refractivity contribution in [2.24, 2.45) is 0 Å². The molecule has 0 bridgehead atoms. The van der Waals surface area contributed by atoms with E-state index in [1.54, 1.807) is 12.1 Å². The SMILES string of the molecule is Cc1cccc(CCCOC(=O)c2ccc(Br)cc2)n1. The molecule has 1 aromatic heterocycles. The average molecular weight is 334 g/mol. The highest BCUT2D eigenvalue weighted by Crippen LogP contribution is 2.11. The molecule has 3 nitrogen and oxygen atoms in total. The molecule has 0 N–H and O–H groups in total. The molecule has 0 aliphatic carbocycles. The van der Waals surface area contributed by atoms with Gasteiger partial charge in [0.1, 0.15) is 0 Å². The molecule has 0 spiro atoms. The van der Waals surface area contributed by atoms with E-state index in [9.17, 15) is 4.79 Å². The lowest BCUT2D eigenvalue weighted by Gasteiger charge is -2.05. The molecular weight excluding hydrogens is 318 g/mol. The van der Waals surface area contributed by atoms with Crippen LogP contribution in [0, 0.1) is 6.92 Å². The van der Waals surface area contributed by atoms with E-state index in [1.165, 1.54) is 0 Å². The van der Waals surface area contributed by atoms with Gasteiger partial charge in [-0.2, -0.15) is 0 Å². The lowest BCUT2D eigenvalue weighted by Crippen LogP contribution is -2.07. The lowest BCUT2D eigenvalue weighted by molar-refractivity contribution is 0.0500. The van der Waals surface area contributed by atoms with E-state index in [0.717, 1.165) is 28.7 Å². The zero-order chi connectivity index (χ0) is 14.4. The number of hydrogen-bond acceptors (Lipinski definition) is 3. The molecule has 0 radical (unpaired) electrons. The predicted molar refractivity (Wildman–Crippen MR) is 81.7 cm³/mol. The fraction of sp³-hybridized carbons (Fsp3) is 0.250. The third-order valence-corrected chi connectivity index (χ3v) is 3.36. The first-order valence-corrected chi connectivity index (χ1v) is 7.30. The maximum absolute atomic E-state index is 11.8. The summed E-state index contributed by atoms with van der Waals surface area (Å²) < 4.78 is 6.18. The van der Waals surface area contributed by atoms with Crippen LogP contribution in [0.15, 0.2) is 46.9 Å². The van der Waals surface area contributed by atoms with Gasteiger partial charge in [0.25, 0.3) is 0 Å². The van der Waals surface area contributed by atoms with Crippen LogP contribution in [0.4, 0.5) is 0 Å². The van der Waals surface area contributed by atoms with Crippen LogP contribution in [-0.4, -0.2) is 17.6 Å². The summed E-state index contributed by atoms with van der Waals surface area (Å²) >= 11 is 3.33. The Morgan fingerprint density at radius 1 is 1.20 bits per heavy atom. The van der Waals surface area contributed by atoms with Crippen molar-refractivity contribution in [1.29, 1.82) is 0 Å². The van der Waals surface area contributed by atoms with Crippen LogP contribution < -0.4 is 0 Å². The molecule has 20 heavy (non-hydrogen) atoms. The van der Waals surface area contributed by atoms with Crippen molar-refractivity contribution in [2.45, 2.75) is 19.8 Å².